The van der Waals surface area contributed by atoms with Crippen molar-refractivity contribution in [2.75, 3.05) is 26.4 Å². The Hall–Kier alpha value is -1.42. The summed E-state index contributed by atoms with van der Waals surface area (Å²) in [5.74, 6) is -0.403. The van der Waals surface area contributed by atoms with Crippen molar-refractivity contribution >= 4 is 16.4 Å². The number of esters is 1. The summed E-state index contributed by atoms with van der Waals surface area (Å²) in [6, 6.07) is 0. The molecule has 0 aromatic heterocycles. The highest BCUT2D eigenvalue weighted by atomic mass is 32.3. The molecule has 6 atom stereocenters. The summed E-state index contributed by atoms with van der Waals surface area (Å²) in [4.78, 5) is 12.8. The molecule has 1 heterocycles. The van der Waals surface area contributed by atoms with E-state index >= 15 is 0 Å². The number of hydrogen-bond acceptors (Lipinski definition) is 11. The van der Waals surface area contributed by atoms with Crippen molar-refractivity contribution in [3.8, 4) is 0 Å². The number of carbonyl (C=O) groups is 1. The molecule has 0 aromatic rings. The van der Waals surface area contributed by atoms with Crippen LogP contribution < -0.4 is 0 Å². The zero-order valence-electron chi connectivity index (χ0n) is 34.2. The van der Waals surface area contributed by atoms with Gasteiger partial charge in [-0.05, 0) is 38.5 Å². The monoisotopic (exact) mass is 807 g/mol. The van der Waals surface area contributed by atoms with Gasteiger partial charge in [0.05, 0.1) is 19.8 Å². The second-order valence-corrected chi connectivity index (χ2v) is 16.0. The zero-order chi connectivity index (χ0) is 40.4. The first-order valence-corrected chi connectivity index (χ1v) is 23.0. The number of unbranched alkanes of at least 4 members (excludes halogenated alkanes) is 20. The van der Waals surface area contributed by atoms with E-state index in [0.29, 0.717) is 13.0 Å². The van der Waals surface area contributed by atoms with E-state index in [1.54, 1.807) is 0 Å². The summed E-state index contributed by atoms with van der Waals surface area (Å²) in [5, 5.41) is 30.6. The first-order chi connectivity index (χ1) is 26.6. The maximum absolute atomic E-state index is 12.8. The highest BCUT2D eigenvalue weighted by molar-refractivity contribution is 7.80. The van der Waals surface area contributed by atoms with Crippen molar-refractivity contribution < 1.29 is 56.2 Å². The Bertz CT molecular complexity index is 1070. The molecule has 4 N–H and O–H groups in total. The second-order valence-electron chi connectivity index (χ2n) is 14.9. The SMILES string of the molecule is CCCC/C=C\C/C=C\CCCCCCCCOCC(COC1OC(CO)C(O)C(OS(=O)(=O)O)C1O)OC(=O)CCCCCCCCCCCCCCC. The van der Waals surface area contributed by atoms with Crippen LogP contribution in [0.2, 0.25) is 0 Å². The highest BCUT2D eigenvalue weighted by Gasteiger charge is 2.48. The molecule has 324 valence electrons. The molecule has 0 amide bonds. The lowest BCUT2D eigenvalue weighted by atomic mass is 9.99. The van der Waals surface area contributed by atoms with Crippen LogP contribution in [0.15, 0.2) is 24.3 Å². The molecule has 1 aliphatic heterocycles. The molecule has 1 aliphatic rings. The van der Waals surface area contributed by atoms with Crippen molar-refractivity contribution in [1.82, 2.24) is 0 Å². The molecule has 55 heavy (non-hydrogen) atoms. The Kier molecular flexibility index (Phi) is 32.5. The van der Waals surface area contributed by atoms with Gasteiger partial charge in [0.25, 0.3) is 0 Å². The fourth-order valence-electron chi connectivity index (χ4n) is 6.51. The standard InChI is InChI=1S/C42H78O12S/c1-3-5-7-9-11-13-15-17-18-20-22-24-26-28-30-32-50-34-36(35-51-42-40(46)41(54-55(47,48)49)39(45)37(33-43)53-42)52-38(44)31-29-27-25-23-21-19-16-14-12-10-8-6-4-2/h9,11,15,17,36-37,39-43,45-46H,3-8,10,12-14,16,18-35H2,1-2H3,(H,47,48,49)/b11-9-,17-15-. The molecule has 12 nitrogen and oxygen atoms in total. The summed E-state index contributed by atoms with van der Waals surface area (Å²) in [6.07, 6.45) is 27.8. The largest absolute Gasteiger partial charge is 0.457 e. The molecule has 0 bridgehead atoms. The lowest BCUT2D eigenvalue weighted by molar-refractivity contribution is -0.301. The first-order valence-electron chi connectivity index (χ1n) is 21.6. The molecule has 1 rings (SSSR count). The fraction of sp³-hybridized carbons (Fsp3) is 0.881. The molecule has 1 saturated heterocycles. The van der Waals surface area contributed by atoms with E-state index in [1.165, 1.54) is 83.5 Å². The van der Waals surface area contributed by atoms with Gasteiger partial charge in [-0.25, -0.2) is 4.18 Å². The van der Waals surface area contributed by atoms with Crippen LogP contribution >= 0.6 is 0 Å². The molecule has 0 spiro atoms. The van der Waals surface area contributed by atoms with Crippen molar-refractivity contribution in [2.45, 2.75) is 211 Å². The van der Waals surface area contributed by atoms with Gasteiger partial charge in [0.2, 0.25) is 0 Å². The summed E-state index contributed by atoms with van der Waals surface area (Å²) in [6.45, 7) is 3.92. The first kappa shape index (κ1) is 51.6. The van der Waals surface area contributed by atoms with E-state index in [1.807, 2.05) is 0 Å². The van der Waals surface area contributed by atoms with Crippen LogP contribution in [0.3, 0.4) is 0 Å². The maximum Gasteiger partial charge on any atom is 0.397 e. The number of allylic oxidation sites excluding steroid dienone is 4. The minimum absolute atomic E-state index is 0.0320. The van der Waals surface area contributed by atoms with Crippen LogP contribution in [-0.2, 0) is 38.3 Å². The third kappa shape index (κ3) is 28.6. The van der Waals surface area contributed by atoms with E-state index in [-0.39, 0.29) is 19.6 Å². The lowest BCUT2D eigenvalue weighted by Crippen LogP contribution is -2.60. The average Bonchev–Trinajstić information content (AvgIpc) is 3.15. The van der Waals surface area contributed by atoms with E-state index in [4.69, 9.17) is 23.5 Å². The normalized spacial score (nSPS) is 21.2. The van der Waals surface area contributed by atoms with Crippen LogP contribution in [0.25, 0.3) is 0 Å². The molecular formula is C42H78O12S. The van der Waals surface area contributed by atoms with Gasteiger partial charge in [-0.3, -0.25) is 9.35 Å². The summed E-state index contributed by atoms with van der Waals surface area (Å²) in [7, 11) is -5.06. The predicted octanol–water partition coefficient (Wildman–Crippen LogP) is 8.46. The molecule has 0 saturated carbocycles. The fourth-order valence-corrected chi connectivity index (χ4v) is 7.02. The number of rotatable bonds is 37. The molecule has 6 unspecified atom stereocenters. The van der Waals surface area contributed by atoms with Crippen molar-refractivity contribution in [2.24, 2.45) is 0 Å². The van der Waals surface area contributed by atoms with E-state index < -0.39 is 59.8 Å². The Morgan fingerprint density at radius 1 is 0.691 bits per heavy atom. The molecule has 0 aliphatic carbocycles. The second kappa shape index (κ2) is 34.6. The number of carbonyl (C=O) groups excluding carboxylic acids is 1. The van der Waals surface area contributed by atoms with Gasteiger partial charge in [0, 0.05) is 13.0 Å². The van der Waals surface area contributed by atoms with Crippen molar-refractivity contribution in [3.63, 3.8) is 0 Å². The van der Waals surface area contributed by atoms with Crippen LogP contribution in [0.5, 0.6) is 0 Å². The summed E-state index contributed by atoms with van der Waals surface area (Å²) < 4.78 is 58.9. The smallest absolute Gasteiger partial charge is 0.397 e. The van der Waals surface area contributed by atoms with Crippen LogP contribution in [0.1, 0.15) is 174 Å². The Morgan fingerprint density at radius 2 is 1.22 bits per heavy atom. The molecular weight excluding hydrogens is 729 g/mol. The molecule has 0 radical (unpaired) electrons. The Balaban J connectivity index is 2.46. The number of aliphatic hydroxyl groups excluding tert-OH is 3. The minimum Gasteiger partial charge on any atom is -0.457 e. The predicted molar refractivity (Wildman–Crippen MR) is 216 cm³/mol. The number of aliphatic hydroxyl groups is 3. The summed E-state index contributed by atoms with van der Waals surface area (Å²) >= 11 is 0. The maximum atomic E-state index is 12.8. The van der Waals surface area contributed by atoms with Gasteiger partial charge < -0.3 is 34.3 Å². The molecule has 1 fully saturated rings. The van der Waals surface area contributed by atoms with Gasteiger partial charge in [0.15, 0.2) is 6.29 Å². The topological polar surface area (TPSA) is 178 Å². The lowest BCUT2D eigenvalue weighted by Gasteiger charge is -2.41. The minimum atomic E-state index is -5.06. The van der Waals surface area contributed by atoms with Gasteiger partial charge in [-0.15, -0.1) is 0 Å². The van der Waals surface area contributed by atoms with E-state index in [9.17, 15) is 28.5 Å². The van der Waals surface area contributed by atoms with Gasteiger partial charge in [0.1, 0.15) is 30.5 Å². The van der Waals surface area contributed by atoms with Crippen LogP contribution in [-0.4, -0.2) is 97.5 Å². The zero-order valence-corrected chi connectivity index (χ0v) is 35.1. The molecule has 0 aromatic carbocycles. The Morgan fingerprint density at radius 3 is 1.78 bits per heavy atom. The van der Waals surface area contributed by atoms with E-state index in [0.717, 1.165) is 64.2 Å². The van der Waals surface area contributed by atoms with Gasteiger partial charge in [-0.2, -0.15) is 8.42 Å². The van der Waals surface area contributed by atoms with Crippen LogP contribution in [0, 0.1) is 0 Å². The third-order valence-corrected chi connectivity index (χ3v) is 10.3. The summed E-state index contributed by atoms with van der Waals surface area (Å²) in [5.41, 5.74) is 0. The third-order valence-electron chi connectivity index (χ3n) is 9.83. The quantitative estimate of drug-likeness (QED) is 0.0204. The van der Waals surface area contributed by atoms with Crippen molar-refractivity contribution in [3.05, 3.63) is 24.3 Å². The van der Waals surface area contributed by atoms with Gasteiger partial charge >= 0.3 is 16.4 Å². The van der Waals surface area contributed by atoms with Crippen LogP contribution in [0.4, 0.5) is 0 Å². The molecule has 13 heteroatoms. The van der Waals surface area contributed by atoms with E-state index in [2.05, 4.69) is 42.3 Å². The Labute approximate surface area is 333 Å². The van der Waals surface area contributed by atoms with Gasteiger partial charge in [-0.1, -0.05) is 154 Å². The number of ether oxygens (including phenoxy) is 4. The van der Waals surface area contributed by atoms with Crippen molar-refractivity contribution in [1.29, 1.82) is 0 Å². The average molecular weight is 807 g/mol. The number of hydrogen-bond donors (Lipinski definition) is 4. The highest BCUT2D eigenvalue weighted by Crippen LogP contribution is 2.26.